The van der Waals surface area contributed by atoms with Crippen molar-refractivity contribution in [3.63, 3.8) is 0 Å². The van der Waals surface area contributed by atoms with E-state index >= 15 is 0 Å². The van der Waals surface area contributed by atoms with Crippen molar-refractivity contribution in [3.8, 4) is 6.07 Å². The first-order chi connectivity index (χ1) is 9.32. The van der Waals surface area contributed by atoms with Gasteiger partial charge in [0.15, 0.2) is 9.84 Å². The van der Waals surface area contributed by atoms with Gasteiger partial charge < -0.3 is 5.32 Å². The molecule has 0 heterocycles. The maximum Gasteiger partial charge on any atom is 0.242 e. The number of hydrogen-bond acceptors (Lipinski definition) is 4. The molecule has 0 aromatic heterocycles. The maximum absolute atomic E-state index is 12.1. The smallest absolute Gasteiger partial charge is 0.242 e. The molecule has 1 rings (SSSR count). The van der Waals surface area contributed by atoms with E-state index in [4.69, 9.17) is 5.26 Å². The van der Waals surface area contributed by atoms with Crippen LogP contribution >= 0.6 is 0 Å². The number of amides is 1. The van der Waals surface area contributed by atoms with Gasteiger partial charge in [-0.25, -0.2) is 8.42 Å². The Kier molecular flexibility index (Phi) is 5.28. The van der Waals surface area contributed by atoms with E-state index < -0.39 is 26.2 Å². The van der Waals surface area contributed by atoms with Crippen molar-refractivity contribution in [3.05, 3.63) is 29.8 Å². The number of carbonyl (C=O) groups excluding carboxylic acids is 1. The lowest BCUT2D eigenvalue weighted by molar-refractivity contribution is -0.115. The highest BCUT2D eigenvalue weighted by Gasteiger charge is 2.32. The second kappa shape index (κ2) is 6.53. The Balaban J connectivity index is 2.89. The van der Waals surface area contributed by atoms with E-state index in [0.29, 0.717) is 17.7 Å². The molecule has 2 unspecified atom stereocenters. The zero-order chi connectivity index (χ0) is 15.3. The lowest BCUT2D eigenvalue weighted by Gasteiger charge is -2.17. The molecule has 1 amide bonds. The van der Waals surface area contributed by atoms with E-state index in [1.54, 1.807) is 32.0 Å². The third-order valence-electron chi connectivity index (χ3n) is 3.26. The molecule has 0 aliphatic carbocycles. The zero-order valence-electron chi connectivity index (χ0n) is 11.8. The minimum Gasteiger partial charge on any atom is -0.325 e. The minimum absolute atomic E-state index is 0.403. The fourth-order valence-corrected chi connectivity index (χ4v) is 3.16. The number of hydrogen-bond donors (Lipinski definition) is 1. The van der Waals surface area contributed by atoms with Crippen molar-refractivity contribution in [2.24, 2.45) is 0 Å². The molecule has 0 spiro atoms. The number of sulfone groups is 1. The van der Waals surface area contributed by atoms with Gasteiger partial charge in [-0.2, -0.15) is 5.26 Å². The Labute approximate surface area is 119 Å². The van der Waals surface area contributed by atoms with Crippen molar-refractivity contribution >= 4 is 21.4 Å². The van der Waals surface area contributed by atoms with E-state index in [9.17, 15) is 13.2 Å². The van der Waals surface area contributed by atoms with Crippen molar-refractivity contribution < 1.29 is 13.2 Å². The van der Waals surface area contributed by atoms with Gasteiger partial charge in [0, 0.05) is 5.69 Å². The van der Waals surface area contributed by atoms with Crippen LogP contribution in [0.25, 0.3) is 0 Å². The zero-order valence-corrected chi connectivity index (χ0v) is 12.6. The number of benzene rings is 1. The minimum atomic E-state index is -3.50. The predicted molar refractivity (Wildman–Crippen MR) is 77.9 cm³/mol. The predicted octanol–water partition coefficient (Wildman–Crippen LogP) is 2.10. The Morgan fingerprint density at radius 1 is 1.40 bits per heavy atom. The molecule has 1 N–H and O–H groups in total. The van der Waals surface area contributed by atoms with Crippen LogP contribution < -0.4 is 5.32 Å². The molecule has 1 aromatic carbocycles. The number of carbonyl (C=O) groups is 1. The second-order valence-corrected chi connectivity index (χ2v) is 7.32. The SMILES string of the molecule is CCC(C)S(=O)(=O)C(C)C(=O)Nc1cccc(C#N)c1. The first-order valence-corrected chi connectivity index (χ1v) is 7.97. The molecule has 0 aliphatic heterocycles. The molecule has 0 bridgehead atoms. The Morgan fingerprint density at radius 2 is 2.05 bits per heavy atom. The summed E-state index contributed by atoms with van der Waals surface area (Å²) in [5, 5.41) is 9.63. The summed E-state index contributed by atoms with van der Waals surface area (Å²) in [7, 11) is -3.50. The second-order valence-electron chi connectivity index (χ2n) is 4.63. The molecule has 0 saturated heterocycles. The fourth-order valence-electron chi connectivity index (χ4n) is 1.64. The topological polar surface area (TPSA) is 87.0 Å². The molecule has 2 atom stereocenters. The van der Waals surface area contributed by atoms with Crippen LogP contribution in [0.3, 0.4) is 0 Å². The highest BCUT2D eigenvalue weighted by Crippen LogP contribution is 2.16. The van der Waals surface area contributed by atoms with Gasteiger partial charge in [-0.1, -0.05) is 13.0 Å². The van der Waals surface area contributed by atoms with Crippen LogP contribution in [0.4, 0.5) is 5.69 Å². The van der Waals surface area contributed by atoms with Gasteiger partial charge in [0.1, 0.15) is 5.25 Å². The first-order valence-electron chi connectivity index (χ1n) is 6.36. The summed E-state index contributed by atoms with van der Waals surface area (Å²) in [6, 6.07) is 8.30. The van der Waals surface area contributed by atoms with Crippen LogP contribution in [-0.4, -0.2) is 24.8 Å². The number of nitrogens with one attached hydrogen (secondary N) is 1. The number of anilines is 1. The molecule has 6 heteroatoms. The van der Waals surface area contributed by atoms with Crippen molar-refractivity contribution in [1.82, 2.24) is 0 Å². The molecule has 1 aromatic rings. The van der Waals surface area contributed by atoms with Gasteiger partial charge in [0.2, 0.25) is 5.91 Å². The normalized spacial score (nSPS) is 14.1. The van der Waals surface area contributed by atoms with E-state index in [1.165, 1.54) is 13.0 Å². The molecule has 108 valence electrons. The summed E-state index contributed by atoms with van der Waals surface area (Å²) < 4.78 is 24.2. The van der Waals surface area contributed by atoms with Crippen molar-refractivity contribution in [1.29, 1.82) is 5.26 Å². The van der Waals surface area contributed by atoms with Crippen LogP contribution in [0.1, 0.15) is 32.8 Å². The highest BCUT2D eigenvalue weighted by atomic mass is 32.2. The lowest BCUT2D eigenvalue weighted by Crippen LogP contribution is -2.37. The maximum atomic E-state index is 12.1. The molecule has 20 heavy (non-hydrogen) atoms. The Bertz CT molecular complexity index is 632. The van der Waals surface area contributed by atoms with Crippen LogP contribution in [0, 0.1) is 11.3 Å². The summed E-state index contributed by atoms with van der Waals surface area (Å²) in [4.78, 5) is 12.0. The van der Waals surface area contributed by atoms with Crippen LogP contribution in [0.15, 0.2) is 24.3 Å². The molecule has 0 radical (unpaired) electrons. The van der Waals surface area contributed by atoms with Crippen LogP contribution in [0.2, 0.25) is 0 Å². The average molecular weight is 294 g/mol. The van der Waals surface area contributed by atoms with E-state index in [1.807, 2.05) is 6.07 Å². The Morgan fingerprint density at radius 3 is 2.60 bits per heavy atom. The number of nitrogens with zero attached hydrogens (tertiary/aromatic N) is 1. The van der Waals surface area contributed by atoms with Crippen LogP contribution in [-0.2, 0) is 14.6 Å². The van der Waals surface area contributed by atoms with Crippen molar-refractivity contribution in [2.75, 3.05) is 5.32 Å². The lowest BCUT2D eigenvalue weighted by atomic mass is 10.2. The van der Waals surface area contributed by atoms with Crippen LogP contribution in [0.5, 0.6) is 0 Å². The number of rotatable bonds is 5. The average Bonchev–Trinajstić information content (AvgIpc) is 2.45. The van der Waals surface area contributed by atoms with Crippen molar-refractivity contribution in [2.45, 2.75) is 37.7 Å². The standard InChI is InChI=1S/C14H18N2O3S/c1-4-10(2)20(18,19)11(3)14(17)16-13-7-5-6-12(8-13)9-15/h5-8,10-11H,4H2,1-3H3,(H,16,17). The fraction of sp³-hybridized carbons (Fsp3) is 0.429. The monoisotopic (exact) mass is 294 g/mol. The van der Waals surface area contributed by atoms with Gasteiger partial charge in [0.05, 0.1) is 16.9 Å². The van der Waals surface area contributed by atoms with E-state index in [0.717, 1.165) is 0 Å². The first kappa shape index (κ1) is 16.2. The Hall–Kier alpha value is -1.87. The third kappa shape index (κ3) is 3.58. The molecule has 5 nitrogen and oxygen atoms in total. The summed E-state index contributed by atoms with van der Waals surface area (Å²) in [6.07, 6.45) is 0.462. The summed E-state index contributed by atoms with van der Waals surface area (Å²) in [5.74, 6) is -0.583. The number of nitriles is 1. The quantitative estimate of drug-likeness (QED) is 0.900. The van der Waals surface area contributed by atoms with Gasteiger partial charge in [-0.3, -0.25) is 4.79 Å². The van der Waals surface area contributed by atoms with Gasteiger partial charge in [-0.05, 0) is 38.5 Å². The van der Waals surface area contributed by atoms with E-state index in [-0.39, 0.29) is 0 Å². The molecule has 0 aliphatic rings. The summed E-state index contributed by atoms with van der Waals surface area (Å²) >= 11 is 0. The largest absolute Gasteiger partial charge is 0.325 e. The molecular formula is C14H18N2O3S. The summed E-state index contributed by atoms with van der Waals surface area (Å²) in [5.41, 5.74) is 0.820. The highest BCUT2D eigenvalue weighted by molar-refractivity contribution is 7.93. The third-order valence-corrected chi connectivity index (χ3v) is 5.91. The van der Waals surface area contributed by atoms with E-state index in [2.05, 4.69) is 5.32 Å². The van der Waals surface area contributed by atoms with Gasteiger partial charge >= 0.3 is 0 Å². The molecule has 0 saturated carbocycles. The molecule has 0 fully saturated rings. The summed E-state index contributed by atoms with van der Waals surface area (Å²) in [6.45, 7) is 4.74. The van der Waals surface area contributed by atoms with Gasteiger partial charge in [-0.15, -0.1) is 0 Å². The molecular weight excluding hydrogens is 276 g/mol. The van der Waals surface area contributed by atoms with Gasteiger partial charge in [0.25, 0.3) is 0 Å².